The minimum atomic E-state index is -0.232. The number of carbonyl (C=O) groups is 1. The number of phenolic OH excluding ortho intramolecular Hbond substituents is 1. The standard InChI is InChI=1S/C17H17N3O2/c1-2-14(13-5-3-4-6-15(13)21)19-17(22)12-7-9-20-10-8-18-16(20)11-12/h3-11,14,21H,2H2,1H3,(H,19,22)/t14-/m0/s1. The number of pyridine rings is 1. The molecule has 1 aromatic carbocycles. The number of aromatic nitrogens is 2. The number of amides is 1. The smallest absolute Gasteiger partial charge is 0.251 e. The number of fused-ring (bicyclic) bond motifs is 1. The predicted molar refractivity (Wildman–Crippen MR) is 83.8 cm³/mol. The Kier molecular flexibility index (Phi) is 3.78. The number of nitrogens with one attached hydrogen (secondary N) is 1. The van der Waals surface area contributed by atoms with E-state index < -0.39 is 0 Å². The molecule has 0 saturated carbocycles. The van der Waals surface area contributed by atoms with Gasteiger partial charge in [0, 0.05) is 29.7 Å². The van der Waals surface area contributed by atoms with E-state index in [1.54, 1.807) is 36.7 Å². The third-order valence-electron chi connectivity index (χ3n) is 3.69. The second-order valence-electron chi connectivity index (χ2n) is 5.10. The second-order valence-corrected chi connectivity index (χ2v) is 5.10. The van der Waals surface area contributed by atoms with Crippen molar-refractivity contribution in [3.05, 3.63) is 66.1 Å². The summed E-state index contributed by atoms with van der Waals surface area (Å²) in [5.41, 5.74) is 2.00. The number of imidazole rings is 1. The maximum Gasteiger partial charge on any atom is 0.251 e. The highest BCUT2D eigenvalue weighted by atomic mass is 16.3. The van der Waals surface area contributed by atoms with Gasteiger partial charge in [-0.2, -0.15) is 0 Å². The van der Waals surface area contributed by atoms with Gasteiger partial charge < -0.3 is 14.8 Å². The highest BCUT2D eigenvalue weighted by Crippen LogP contribution is 2.26. The van der Waals surface area contributed by atoms with Gasteiger partial charge in [0.25, 0.3) is 5.91 Å². The van der Waals surface area contributed by atoms with Gasteiger partial charge >= 0.3 is 0 Å². The van der Waals surface area contributed by atoms with Gasteiger partial charge in [0.15, 0.2) is 0 Å². The Labute approximate surface area is 128 Å². The van der Waals surface area contributed by atoms with Crippen molar-refractivity contribution in [2.45, 2.75) is 19.4 Å². The zero-order valence-electron chi connectivity index (χ0n) is 12.2. The molecular formula is C17H17N3O2. The summed E-state index contributed by atoms with van der Waals surface area (Å²) >= 11 is 0. The normalized spacial score (nSPS) is 12.2. The van der Waals surface area contributed by atoms with Gasteiger partial charge in [0.1, 0.15) is 11.4 Å². The van der Waals surface area contributed by atoms with Crippen LogP contribution in [-0.2, 0) is 0 Å². The molecule has 0 aliphatic rings. The number of rotatable bonds is 4. The van der Waals surface area contributed by atoms with Crippen molar-refractivity contribution < 1.29 is 9.90 Å². The summed E-state index contributed by atoms with van der Waals surface area (Å²) in [6.45, 7) is 1.97. The first kappa shape index (κ1) is 14.1. The highest BCUT2D eigenvalue weighted by molar-refractivity contribution is 5.95. The van der Waals surface area contributed by atoms with Crippen LogP contribution >= 0.6 is 0 Å². The molecule has 22 heavy (non-hydrogen) atoms. The fraction of sp³-hybridized carbons (Fsp3) is 0.176. The minimum absolute atomic E-state index is 0.180. The maximum absolute atomic E-state index is 12.4. The molecule has 5 heteroatoms. The molecule has 1 atom stereocenters. The molecule has 2 heterocycles. The Bertz CT molecular complexity index is 810. The van der Waals surface area contributed by atoms with Crippen molar-refractivity contribution in [2.75, 3.05) is 0 Å². The molecule has 5 nitrogen and oxygen atoms in total. The molecule has 0 spiro atoms. The average Bonchev–Trinajstić information content (AvgIpc) is 3.00. The van der Waals surface area contributed by atoms with Crippen molar-refractivity contribution in [3.8, 4) is 5.75 Å². The van der Waals surface area contributed by atoms with Gasteiger partial charge in [-0.05, 0) is 24.6 Å². The van der Waals surface area contributed by atoms with Crippen LogP contribution in [0, 0.1) is 0 Å². The summed E-state index contributed by atoms with van der Waals surface area (Å²) in [6.07, 6.45) is 6.01. The summed E-state index contributed by atoms with van der Waals surface area (Å²) in [5, 5.41) is 12.9. The molecule has 1 amide bonds. The third kappa shape index (κ3) is 2.65. The first-order valence-corrected chi connectivity index (χ1v) is 7.20. The monoisotopic (exact) mass is 295 g/mol. The molecule has 0 aliphatic heterocycles. The second kappa shape index (κ2) is 5.89. The van der Waals surface area contributed by atoms with Gasteiger partial charge in [0.05, 0.1) is 6.04 Å². The molecule has 0 unspecified atom stereocenters. The number of carbonyl (C=O) groups excluding carboxylic acids is 1. The number of benzene rings is 1. The van der Waals surface area contributed by atoms with E-state index in [-0.39, 0.29) is 17.7 Å². The highest BCUT2D eigenvalue weighted by Gasteiger charge is 2.17. The van der Waals surface area contributed by atoms with E-state index >= 15 is 0 Å². The zero-order valence-corrected chi connectivity index (χ0v) is 12.2. The van der Waals surface area contributed by atoms with Gasteiger partial charge in [-0.1, -0.05) is 25.1 Å². The van der Waals surface area contributed by atoms with Gasteiger partial charge in [-0.15, -0.1) is 0 Å². The van der Waals surface area contributed by atoms with Crippen LogP contribution in [0.3, 0.4) is 0 Å². The number of aromatic hydroxyl groups is 1. The van der Waals surface area contributed by atoms with Crippen molar-refractivity contribution in [1.82, 2.24) is 14.7 Å². The van der Waals surface area contributed by atoms with Crippen LogP contribution in [0.25, 0.3) is 5.65 Å². The first-order chi connectivity index (χ1) is 10.7. The van der Waals surface area contributed by atoms with Crippen LogP contribution in [0.2, 0.25) is 0 Å². The van der Waals surface area contributed by atoms with Crippen LogP contribution in [0.5, 0.6) is 5.75 Å². The van der Waals surface area contributed by atoms with Crippen molar-refractivity contribution >= 4 is 11.6 Å². The van der Waals surface area contributed by atoms with Crippen molar-refractivity contribution in [2.24, 2.45) is 0 Å². The quantitative estimate of drug-likeness (QED) is 0.777. The van der Waals surface area contributed by atoms with E-state index in [1.807, 2.05) is 29.7 Å². The number of para-hydroxylation sites is 1. The molecule has 0 fully saturated rings. The Morgan fingerprint density at radius 2 is 2.14 bits per heavy atom. The van der Waals surface area contributed by atoms with E-state index in [9.17, 15) is 9.90 Å². The lowest BCUT2D eigenvalue weighted by molar-refractivity contribution is 0.0935. The first-order valence-electron chi connectivity index (χ1n) is 7.20. The van der Waals surface area contributed by atoms with E-state index in [4.69, 9.17) is 0 Å². The Morgan fingerprint density at radius 1 is 1.32 bits per heavy atom. The predicted octanol–water partition coefficient (Wildman–Crippen LogP) is 2.92. The molecule has 0 radical (unpaired) electrons. The van der Waals surface area contributed by atoms with Gasteiger partial charge in [-0.3, -0.25) is 4.79 Å². The molecule has 2 N–H and O–H groups in total. The van der Waals surface area contributed by atoms with Crippen molar-refractivity contribution in [1.29, 1.82) is 0 Å². The largest absolute Gasteiger partial charge is 0.508 e. The molecule has 2 aromatic heterocycles. The molecular weight excluding hydrogens is 278 g/mol. The molecule has 3 aromatic rings. The molecule has 112 valence electrons. The lowest BCUT2D eigenvalue weighted by Crippen LogP contribution is -2.28. The summed E-state index contributed by atoms with van der Waals surface area (Å²) in [6, 6.07) is 10.3. The number of hydrogen-bond donors (Lipinski definition) is 2. The summed E-state index contributed by atoms with van der Waals surface area (Å²) in [4.78, 5) is 16.6. The number of hydrogen-bond acceptors (Lipinski definition) is 3. The fourth-order valence-corrected chi connectivity index (χ4v) is 2.47. The molecule has 0 saturated heterocycles. The van der Waals surface area contributed by atoms with Crippen LogP contribution in [-0.4, -0.2) is 20.4 Å². The molecule has 0 bridgehead atoms. The lowest BCUT2D eigenvalue weighted by atomic mass is 10.0. The van der Waals surface area contributed by atoms with E-state index in [0.29, 0.717) is 12.0 Å². The SMILES string of the molecule is CC[C@H](NC(=O)c1ccn2ccnc2c1)c1ccccc1O. The summed E-state index contributed by atoms with van der Waals surface area (Å²) < 4.78 is 1.84. The molecule has 0 aliphatic carbocycles. The molecule has 3 rings (SSSR count). The zero-order chi connectivity index (χ0) is 15.5. The van der Waals surface area contributed by atoms with E-state index in [1.165, 1.54) is 0 Å². The summed E-state index contributed by atoms with van der Waals surface area (Å²) in [5.74, 6) is 0.0129. The number of nitrogens with zero attached hydrogens (tertiary/aromatic N) is 2. The number of phenols is 1. The van der Waals surface area contributed by atoms with Crippen LogP contribution in [0.15, 0.2) is 55.0 Å². The fourth-order valence-electron chi connectivity index (χ4n) is 2.47. The third-order valence-corrected chi connectivity index (χ3v) is 3.69. The van der Waals surface area contributed by atoms with E-state index in [2.05, 4.69) is 10.3 Å². The Morgan fingerprint density at radius 3 is 2.91 bits per heavy atom. The van der Waals surface area contributed by atoms with Gasteiger partial charge in [0.2, 0.25) is 0 Å². The minimum Gasteiger partial charge on any atom is -0.508 e. The van der Waals surface area contributed by atoms with E-state index in [0.717, 1.165) is 11.2 Å². The van der Waals surface area contributed by atoms with Crippen LogP contribution < -0.4 is 5.32 Å². The summed E-state index contributed by atoms with van der Waals surface area (Å²) in [7, 11) is 0. The van der Waals surface area contributed by atoms with Crippen molar-refractivity contribution in [3.63, 3.8) is 0 Å². The topological polar surface area (TPSA) is 66.6 Å². The Balaban J connectivity index is 1.84. The lowest BCUT2D eigenvalue weighted by Gasteiger charge is -2.18. The average molecular weight is 295 g/mol. The van der Waals surface area contributed by atoms with Crippen LogP contribution in [0.1, 0.15) is 35.3 Å². The van der Waals surface area contributed by atoms with Gasteiger partial charge in [-0.25, -0.2) is 4.98 Å². The van der Waals surface area contributed by atoms with Crippen LogP contribution in [0.4, 0.5) is 0 Å². The maximum atomic E-state index is 12.4. The Hall–Kier alpha value is -2.82.